The van der Waals surface area contributed by atoms with Gasteiger partial charge in [-0.2, -0.15) is 0 Å². The Kier molecular flexibility index (Phi) is 11.0. The van der Waals surface area contributed by atoms with Crippen LogP contribution in [0.4, 0.5) is 0 Å². The summed E-state index contributed by atoms with van der Waals surface area (Å²) in [7, 11) is 0. The van der Waals surface area contributed by atoms with Crippen molar-refractivity contribution in [1.82, 2.24) is 21.3 Å². The van der Waals surface area contributed by atoms with Crippen LogP contribution < -0.4 is 26.0 Å². The van der Waals surface area contributed by atoms with Crippen LogP contribution in [0.15, 0.2) is 96.4 Å². The molecule has 0 aliphatic carbocycles. The maximum Gasteiger partial charge on any atom is 0.326 e. The first kappa shape index (κ1) is 32.9. The Bertz CT molecular complexity index is 1690. The van der Waals surface area contributed by atoms with E-state index >= 15 is 0 Å². The zero-order chi connectivity index (χ0) is 33.2. The normalized spacial score (nSPS) is 19.5. The summed E-state index contributed by atoms with van der Waals surface area (Å²) < 4.78 is 5.58. The lowest BCUT2D eigenvalue weighted by Crippen LogP contribution is -2.55. The van der Waals surface area contributed by atoms with Gasteiger partial charge in [0.2, 0.25) is 17.7 Å². The lowest BCUT2D eigenvalue weighted by atomic mass is 9.99. The second-order valence-electron chi connectivity index (χ2n) is 11.0. The molecule has 0 fully saturated rings. The fourth-order valence-corrected chi connectivity index (χ4v) is 5.85. The minimum absolute atomic E-state index is 0.0330. The minimum Gasteiger partial charge on any atom is -0.484 e. The number of fused-ring (bicyclic) bond motifs is 16. The van der Waals surface area contributed by atoms with Crippen molar-refractivity contribution >= 4 is 40.9 Å². The van der Waals surface area contributed by atoms with Crippen LogP contribution >= 0.6 is 11.3 Å². The number of amides is 4. The Morgan fingerprint density at radius 3 is 2.11 bits per heavy atom. The summed E-state index contributed by atoms with van der Waals surface area (Å²) >= 11 is 1.43. The molecule has 5 N–H and O–H groups in total. The molecule has 242 valence electrons. The van der Waals surface area contributed by atoms with Crippen molar-refractivity contribution in [2.75, 3.05) is 13.2 Å². The van der Waals surface area contributed by atoms with Gasteiger partial charge in [-0.25, -0.2) is 4.79 Å². The Balaban J connectivity index is 1.38. The molecule has 0 saturated heterocycles. The molecule has 11 nitrogen and oxygen atoms in total. The van der Waals surface area contributed by atoms with E-state index in [0.717, 1.165) is 21.6 Å². The first-order valence-corrected chi connectivity index (χ1v) is 15.9. The topological polar surface area (TPSA) is 163 Å². The van der Waals surface area contributed by atoms with Gasteiger partial charge in [0.1, 0.15) is 23.9 Å². The van der Waals surface area contributed by atoms with Crippen LogP contribution in [-0.2, 0) is 43.2 Å². The van der Waals surface area contributed by atoms with Crippen molar-refractivity contribution in [3.8, 4) is 16.9 Å². The Morgan fingerprint density at radius 1 is 0.745 bits per heavy atom. The Hall–Kier alpha value is -5.49. The van der Waals surface area contributed by atoms with E-state index in [-0.39, 0.29) is 25.9 Å². The van der Waals surface area contributed by atoms with Gasteiger partial charge in [-0.1, -0.05) is 72.8 Å². The molecular formula is C35H34N4O7S. The molecule has 0 spiro atoms. The maximum atomic E-state index is 13.5. The number of carboxylic acid groups (broad SMARTS) is 1. The largest absolute Gasteiger partial charge is 0.484 e. The van der Waals surface area contributed by atoms with Crippen LogP contribution in [0.3, 0.4) is 0 Å². The fourth-order valence-electron chi connectivity index (χ4n) is 5.10. The molecule has 0 unspecified atom stereocenters. The van der Waals surface area contributed by atoms with Crippen LogP contribution in [0.5, 0.6) is 5.75 Å². The van der Waals surface area contributed by atoms with Gasteiger partial charge < -0.3 is 31.1 Å². The average Bonchev–Trinajstić information content (AvgIpc) is 3.59. The predicted octanol–water partition coefficient (Wildman–Crippen LogP) is 2.49. The molecule has 4 amide bonds. The molecule has 3 aromatic carbocycles. The van der Waals surface area contributed by atoms with Crippen LogP contribution in [0.2, 0.25) is 0 Å². The smallest absolute Gasteiger partial charge is 0.326 e. The summed E-state index contributed by atoms with van der Waals surface area (Å²) in [6, 6.07) is 24.0. The standard InChI is InChI=1S/C35H34N4O7S/c40-31-20-36-33(42)29(19-27-7-4-16-47-27)38-32(41)21-46-26-14-10-23(11-15-26)18-30(35(44)45)39-34(43)28(37-31)17-22-8-12-25(13-9-22)24-5-2-1-3-6-24/h1-16,28-30H,17-21H2,(H,36,42)(H,37,40)(H,38,41)(H,39,43)(H,44,45)/t28-,29-,30+/m1/s1. The van der Waals surface area contributed by atoms with Gasteiger partial charge in [-0.05, 0) is 45.8 Å². The van der Waals surface area contributed by atoms with E-state index in [2.05, 4.69) is 21.3 Å². The highest BCUT2D eigenvalue weighted by Crippen LogP contribution is 2.20. The molecule has 2 aliphatic heterocycles. The molecule has 2 aliphatic rings. The predicted molar refractivity (Wildman–Crippen MR) is 176 cm³/mol. The highest BCUT2D eigenvalue weighted by molar-refractivity contribution is 7.09. The third-order valence-electron chi connectivity index (χ3n) is 7.56. The van der Waals surface area contributed by atoms with Crippen molar-refractivity contribution in [2.24, 2.45) is 0 Å². The van der Waals surface area contributed by atoms with Gasteiger partial charge >= 0.3 is 5.97 Å². The Labute approximate surface area is 275 Å². The molecule has 6 rings (SSSR count). The molecule has 4 aromatic rings. The van der Waals surface area contributed by atoms with Gasteiger partial charge in [0.05, 0.1) is 6.54 Å². The number of nitrogens with one attached hydrogen (secondary N) is 4. The molecule has 47 heavy (non-hydrogen) atoms. The summed E-state index contributed by atoms with van der Waals surface area (Å²) in [5.74, 6) is -3.36. The summed E-state index contributed by atoms with van der Waals surface area (Å²) in [6.45, 7) is -0.842. The van der Waals surface area contributed by atoms with Crippen LogP contribution in [0.25, 0.3) is 11.1 Å². The van der Waals surface area contributed by atoms with Gasteiger partial charge in [0.25, 0.3) is 5.91 Å². The number of hydrogen-bond acceptors (Lipinski definition) is 7. The van der Waals surface area contributed by atoms with E-state index in [4.69, 9.17) is 4.74 Å². The number of carbonyl (C=O) groups is 5. The molecular weight excluding hydrogens is 620 g/mol. The average molecular weight is 655 g/mol. The lowest BCUT2D eigenvalue weighted by molar-refractivity contribution is -0.142. The van der Waals surface area contributed by atoms with Crippen LogP contribution in [0, 0.1) is 0 Å². The third-order valence-corrected chi connectivity index (χ3v) is 8.46. The number of carboxylic acids is 1. The zero-order valence-corrected chi connectivity index (χ0v) is 26.1. The number of thiophene rings is 1. The van der Waals surface area contributed by atoms with E-state index in [1.54, 1.807) is 24.3 Å². The lowest BCUT2D eigenvalue weighted by Gasteiger charge is -2.22. The third kappa shape index (κ3) is 9.50. The highest BCUT2D eigenvalue weighted by Gasteiger charge is 2.28. The van der Waals surface area contributed by atoms with Gasteiger partial charge in [0.15, 0.2) is 6.61 Å². The van der Waals surface area contributed by atoms with E-state index in [9.17, 15) is 29.1 Å². The second kappa shape index (κ2) is 15.7. The molecule has 2 bridgehead atoms. The molecule has 0 radical (unpaired) electrons. The van der Waals surface area contributed by atoms with Crippen LogP contribution in [0.1, 0.15) is 16.0 Å². The first-order chi connectivity index (χ1) is 22.7. The molecule has 3 atom stereocenters. The summed E-state index contributed by atoms with van der Waals surface area (Å²) in [5, 5.41) is 22.2. The van der Waals surface area contributed by atoms with Crippen LogP contribution in [-0.4, -0.2) is 66.0 Å². The minimum atomic E-state index is -1.29. The molecule has 12 heteroatoms. The van der Waals surface area contributed by atoms with Crippen molar-refractivity contribution < 1.29 is 33.8 Å². The SMILES string of the molecule is O=C1COc2ccc(cc2)C[C@@H](C(=O)O)NC(=O)[C@@H](Cc2ccc(-c3ccccc3)cc2)NC(=O)CNC(=O)[C@@H](Cc2cccs2)N1. The summed E-state index contributed by atoms with van der Waals surface area (Å²) in [6.07, 6.45) is 0.233. The zero-order valence-electron chi connectivity index (χ0n) is 25.3. The van der Waals surface area contributed by atoms with Crippen molar-refractivity contribution in [3.63, 3.8) is 0 Å². The van der Waals surface area contributed by atoms with Crippen molar-refractivity contribution in [1.29, 1.82) is 0 Å². The second-order valence-corrected chi connectivity index (χ2v) is 12.1. The van der Waals surface area contributed by atoms with E-state index in [1.165, 1.54) is 11.3 Å². The molecule has 3 heterocycles. The van der Waals surface area contributed by atoms with Gasteiger partial charge in [0, 0.05) is 24.1 Å². The number of hydrogen-bond donors (Lipinski definition) is 5. The maximum absolute atomic E-state index is 13.5. The number of aliphatic carboxylic acids is 1. The van der Waals surface area contributed by atoms with Crippen molar-refractivity contribution in [3.05, 3.63) is 112 Å². The number of rotatable bonds is 6. The molecule has 0 saturated carbocycles. The number of carbonyl (C=O) groups excluding carboxylic acids is 4. The first-order valence-electron chi connectivity index (χ1n) is 15.0. The van der Waals surface area contributed by atoms with E-state index < -0.39 is 54.3 Å². The highest BCUT2D eigenvalue weighted by atomic mass is 32.1. The Morgan fingerprint density at radius 2 is 1.43 bits per heavy atom. The monoisotopic (exact) mass is 654 g/mol. The number of ether oxygens (including phenoxy) is 1. The van der Waals surface area contributed by atoms with E-state index in [1.807, 2.05) is 72.1 Å². The van der Waals surface area contributed by atoms with Crippen molar-refractivity contribution in [2.45, 2.75) is 37.4 Å². The fraction of sp³-hybridized carbons (Fsp3) is 0.229. The van der Waals surface area contributed by atoms with Gasteiger partial charge in [-0.15, -0.1) is 11.3 Å². The summed E-state index contributed by atoms with van der Waals surface area (Å²) in [4.78, 5) is 65.6. The number of benzene rings is 3. The quantitative estimate of drug-likeness (QED) is 0.200. The summed E-state index contributed by atoms with van der Waals surface area (Å²) in [5.41, 5.74) is 3.33. The van der Waals surface area contributed by atoms with Gasteiger partial charge in [-0.3, -0.25) is 19.2 Å². The molecule has 1 aromatic heterocycles. The van der Waals surface area contributed by atoms with E-state index in [0.29, 0.717) is 11.3 Å².